The lowest BCUT2D eigenvalue weighted by Crippen LogP contribution is -2.56. The summed E-state index contributed by atoms with van der Waals surface area (Å²) in [5.74, 6) is 0.0955. The van der Waals surface area contributed by atoms with Crippen molar-refractivity contribution >= 4 is 28.2 Å². The van der Waals surface area contributed by atoms with Gasteiger partial charge in [0.15, 0.2) is 11.5 Å². The third-order valence-electron chi connectivity index (χ3n) is 9.04. The second-order valence-corrected chi connectivity index (χ2v) is 12.1. The summed E-state index contributed by atoms with van der Waals surface area (Å²) in [6.45, 7) is 1.82. The third kappa shape index (κ3) is 4.60. The number of ketones is 1. The molecule has 1 N–H and O–H groups in total. The summed E-state index contributed by atoms with van der Waals surface area (Å²) in [5, 5.41) is 21.9. The lowest BCUT2D eigenvalue weighted by molar-refractivity contribution is -0.175. The molecule has 1 fully saturated rings. The Balaban J connectivity index is 1.22. The van der Waals surface area contributed by atoms with Crippen molar-refractivity contribution in [3.05, 3.63) is 126 Å². The number of nitrogens with zero attached hydrogens (tertiary/aromatic N) is 7. The van der Waals surface area contributed by atoms with Crippen molar-refractivity contribution in [3.8, 4) is 33.9 Å². The van der Waals surface area contributed by atoms with Gasteiger partial charge in [-0.05, 0) is 41.8 Å². The van der Waals surface area contributed by atoms with Crippen molar-refractivity contribution in [2.45, 2.75) is 25.3 Å². The van der Waals surface area contributed by atoms with Crippen molar-refractivity contribution in [1.29, 1.82) is 0 Å². The Morgan fingerprint density at radius 2 is 1.66 bits per heavy atom. The first-order valence-electron chi connectivity index (χ1n) is 15.3. The average Bonchev–Trinajstić information content (AvgIpc) is 3.72. The quantitative estimate of drug-likeness (QED) is 0.169. The number of fused-ring (bicyclic) bond motifs is 3. The largest absolute Gasteiger partial charge is 0.340 e. The number of amides is 1. The fourth-order valence-electron chi connectivity index (χ4n) is 6.49. The van der Waals surface area contributed by atoms with E-state index in [2.05, 4.69) is 21.2 Å². The average molecular weight is 620 g/mol. The predicted octanol–water partition coefficient (Wildman–Crippen LogP) is 6.41. The number of hydroxylamine groups is 2. The highest BCUT2D eigenvalue weighted by molar-refractivity contribution is 5.99. The van der Waals surface area contributed by atoms with E-state index in [9.17, 15) is 14.8 Å². The van der Waals surface area contributed by atoms with Gasteiger partial charge in [0.05, 0.1) is 17.5 Å². The van der Waals surface area contributed by atoms with Crippen molar-refractivity contribution < 1.29 is 14.8 Å². The zero-order valence-electron chi connectivity index (χ0n) is 25.7. The number of aromatic nitrogens is 6. The second kappa shape index (κ2) is 10.8. The second-order valence-electron chi connectivity index (χ2n) is 12.1. The molecule has 10 heteroatoms. The van der Waals surface area contributed by atoms with E-state index >= 15 is 0 Å². The van der Waals surface area contributed by atoms with Gasteiger partial charge in [-0.25, -0.2) is 15.0 Å². The van der Waals surface area contributed by atoms with Gasteiger partial charge in [0.2, 0.25) is 0 Å². The minimum absolute atomic E-state index is 0.0146. The molecule has 1 saturated carbocycles. The molecule has 4 aromatic heterocycles. The Bertz CT molecular complexity index is 2330. The first-order chi connectivity index (χ1) is 22.8. The van der Waals surface area contributed by atoms with Gasteiger partial charge in [-0.1, -0.05) is 72.8 Å². The van der Waals surface area contributed by atoms with Gasteiger partial charge in [0.25, 0.3) is 5.91 Å². The fraction of sp³-hybridized carbons (Fsp3) is 0.135. The molecular weight excluding hydrogens is 590 g/mol. The molecule has 1 amide bonds. The highest BCUT2D eigenvalue weighted by atomic mass is 16.5. The maximum atomic E-state index is 13.4. The minimum Gasteiger partial charge on any atom is -0.340 e. The van der Waals surface area contributed by atoms with Crippen LogP contribution in [-0.2, 0) is 17.4 Å². The van der Waals surface area contributed by atoms with Gasteiger partial charge in [-0.2, -0.15) is 0 Å². The molecule has 230 valence electrons. The molecular formula is C37H29N7O3. The number of hydrogen-bond donors (Lipinski definition) is 1. The third-order valence-corrected chi connectivity index (χ3v) is 9.04. The summed E-state index contributed by atoms with van der Waals surface area (Å²) in [4.78, 5) is 35.3. The zero-order valence-corrected chi connectivity index (χ0v) is 25.7. The molecule has 0 unspecified atom stereocenters. The van der Waals surface area contributed by atoms with Crippen LogP contribution in [0.15, 0.2) is 110 Å². The number of imidazole rings is 1. The van der Waals surface area contributed by atoms with E-state index in [-0.39, 0.29) is 18.6 Å². The molecule has 10 nitrogen and oxygen atoms in total. The van der Waals surface area contributed by atoms with Crippen molar-refractivity contribution in [3.63, 3.8) is 0 Å². The molecule has 0 bridgehead atoms. The number of hydrogen-bond acceptors (Lipinski definition) is 7. The van der Waals surface area contributed by atoms with Gasteiger partial charge in [0, 0.05) is 54.4 Å². The maximum absolute atomic E-state index is 13.4. The number of pyridine rings is 2. The van der Waals surface area contributed by atoms with E-state index < -0.39 is 11.4 Å². The van der Waals surface area contributed by atoms with Crippen LogP contribution in [0.3, 0.4) is 0 Å². The molecule has 0 spiro atoms. The van der Waals surface area contributed by atoms with E-state index in [1.54, 1.807) is 18.5 Å². The van der Waals surface area contributed by atoms with Crippen molar-refractivity contribution in [1.82, 2.24) is 34.2 Å². The highest BCUT2D eigenvalue weighted by Crippen LogP contribution is 2.45. The number of aryl methyl sites for hydroxylation is 2. The number of carbonyl (C=O) groups is 2. The van der Waals surface area contributed by atoms with Crippen LogP contribution in [0.1, 0.15) is 34.3 Å². The van der Waals surface area contributed by atoms with Crippen LogP contribution < -0.4 is 0 Å². The topological polar surface area (TPSA) is 119 Å². The van der Waals surface area contributed by atoms with Crippen molar-refractivity contribution in [2.75, 3.05) is 0 Å². The lowest BCUT2D eigenvalue weighted by atomic mass is 9.70. The van der Waals surface area contributed by atoms with E-state index in [4.69, 9.17) is 4.98 Å². The summed E-state index contributed by atoms with van der Waals surface area (Å²) in [6, 6.07) is 28.8. The van der Waals surface area contributed by atoms with Crippen molar-refractivity contribution in [2.24, 2.45) is 7.05 Å². The van der Waals surface area contributed by atoms with Gasteiger partial charge in [-0.3, -0.25) is 19.2 Å². The maximum Gasteiger partial charge on any atom is 0.278 e. The Hall–Kier alpha value is -6.00. The Morgan fingerprint density at radius 1 is 0.915 bits per heavy atom. The van der Waals surface area contributed by atoms with E-state index in [1.807, 2.05) is 108 Å². The highest BCUT2D eigenvalue weighted by Gasteiger charge is 2.52. The van der Waals surface area contributed by atoms with E-state index in [0.29, 0.717) is 22.6 Å². The Kier molecular flexibility index (Phi) is 6.55. The summed E-state index contributed by atoms with van der Waals surface area (Å²) < 4.78 is 3.79. The molecule has 4 heterocycles. The number of rotatable bonds is 6. The van der Waals surface area contributed by atoms with Gasteiger partial charge in [0.1, 0.15) is 17.0 Å². The lowest BCUT2D eigenvalue weighted by Gasteiger charge is -2.45. The smallest absolute Gasteiger partial charge is 0.278 e. The first-order valence-corrected chi connectivity index (χ1v) is 15.3. The molecule has 47 heavy (non-hydrogen) atoms. The molecule has 7 aromatic rings. The first kappa shape index (κ1) is 28.5. The van der Waals surface area contributed by atoms with E-state index in [0.717, 1.165) is 49.6 Å². The number of carbonyl (C=O) groups excluding carboxylic acids is 2. The molecule has 8 rings (SSSR count). The van der Waals surface area contributed by atoms with Crippen LogP contribution >= 0.6 is 0 Å². The Morgan fingerprint density at radius 3 is 2.36 bits per heavy atom. The predicted molar refractivity (Wildman–Crippen MR) is 176 cm³/mol. The summed E-state index contributed by atoms with van der Waals surface area (Å²) in [7, 11) is 1.91. The zero-order chi connectivity index (χ0) is 32.3. The Labute approximate surface area is 269 Å². The molecule has 1 aliphatic carbocycles. The normalized spacial score (nSPS) is 14.0. The standard InChI is InChI=1S/C37H29N7O3/c1-23-8-6-7-11-28(23)36(46)44(47)37(19-27(45)20-37)26-14-12-25(13-15-26)33-29(24-9-4-3-5-10-24)18-30-31(39-33)16-17-43-34(30)40-41-35(43)32-21-42(2)22-38-32/h3-18,21-22,47H,19-20H2,1-2H3. The minimum atomic E-state index is -1.14. The summed E-state index contributed by atoms with van der Waals surface area (Å²) >= 11 is 0. The molecule has 1 aliphatic rings. The van der Waals surface area contributed by atoms with Crippen LogP contribution in [0.4, 0.5) is 0 Å². The van der Waals surface area contributed by atoms with Gasteiger partial charge in [-0.15, -0.1) is 10.2 Å². The van der Waals surface area contributed by atoms with Gasteiger partial charge < -0.3 is 4.57 Å². The van der Waals surface area contributed by atoms with Gasteiger partial charge >= 0.3 is 0 Å². The molecule has 0 atom stereocenters. The molecule has 0 radical (unpaired) electrons. The van der Waals surface area contributed by atoms with E-state index in [1.165, 1.54) is 0 Å². The number of benzene rings is 3. The van der Waals surface area contributed by atoms with Crippen LogP contribution in [-0.4, -0.2) is 51.1 Å². The van der Waals surface area contributed by atoms with Crippen LogP contribution in [0, 0.1) is 6.92 Å². The molecule has 3 aromatic carbocycles. The van der Waals surface area contributed by atoms with Crippen LogP contribution in [0.5, 0.6) is 0 Å². The monoisotopic (exact) mass is 619 g/mol. The van der Waals surface area contributed by atoms with Crippen LogP contribution in [0.2, 0.25) is 0 Å². The summed E-state index contributed by atoms with van der Waals surface area (Å²) in [6.07, 6.45) is 5.62. The summed E-state index contributed by atoms with van der Waals surface area (Å²) in [5.41, 5.74) is 6.34. The SMILES string of the molecule is Cc1ccccc1C(=O)N(O)C1(c2ccc(-c3nc4ccn5c(-c6cn(C)cn6)nnc5c4cc3-c3ccccc3)cc2)CC(=O)C1. The molecule has 0 aliphatic heterocycles. The molecule has 0 saturated heterocycles. The number of Topliss-reactive ketones (excluding diaryl/α,β-unsaturated/α-hetero) is 1. The van der Waals surface area contributed by atoms with Crippen LogP contribution in [0.25, 0.3) is 50.5 Å². The fourth-order valence-corrected chi connectivity index (χ4v) is 6.49.